The second-order valence-corrected chi connectivity index (χ2v) is 7.31. The van der Waals surface area contributed by atoms with E-state index in [1.54, 1.807) is 0 Å². The molecule has 3 aromatic carbocycles. The molecule has 0 fully saturated rings. The summed E-state index contributed by atoms with van der Waals surface area (Å²) < 4.78 is 5.74. The largest absolute Gasteiger partial charge is 0.494 e. The van der Waals surface area contributed by atoms with Gasteiger partial charge in [0, 0.05) is 16.6 Å². The first-order valence-electron chi connectivity index (χ1n) is 10.4. The van der Waals surface area contributed by atoms with Crippen molar-refractivity contribution < 1.29 is 4.74 Å². The molecule has 29 heavy (non-hydrogen) atoms. The second-order valence-electron chi connectivity index (χ2n) is 7.31. The molecular formula is C26H28N2O. The van der Waals surface area contributed by atoms with Crippen molar-refractivity contribution in [2.24, 2.45) is 5.73 Å². The predicted molar refractivity (Wildman–Crippen MR) is 122 cm³/mol. The van der Waals surface area contributed by atoms with Gasteiger partial charge in [-0.15, -0.1) is 0 Å². The zero-order chi connectivity index (χ0) is 20.1. The van der Waals surface area contributed by atoms with Gasteiger partial charge in [0.15, 0.2) is 0 Å². The SMILES string of the molecule is CCOc1ccc2[nH]c(-c3ccc(-c4ccccc4)cc3)c(CCCCN)c2c1. The smallest absolute Gasteiger partial charge is 0.120 e. The zero-order valence-corrected chi connectivity index (χ0v) is 16.9. The van der Waals surface area contributed by atoms with E-state index >= 15 is 0 Å². The average Bonchev–Trinajstić information content (AvgIpc) is 3.13. The Hall–Kier alpha value is -3.04. The number of ether oxygens (including phenoxy) is 1. The first kappa shape index (κ1) is 19.3. The van der Waals surface area contributed by atoms with Crippen LogP contribution in [0.4, 0.5) is 0 Å². The Morgan fingerprint density at radius 2 is 1.55 bits per heavy atom. The van der Waals surface area contributed by atoms with Crippen molar-refractivity contribution in [1.29, 1.82) is 0 Å². The fourth-order valence-corrected chi connectivity index (χ4v) is 3.90. The Bertz CT molecular complexity index is 1070. The molecule has 0 unspecified atom stereocenters. The molecule has 0 aliphatic heterocycles. The molecule has 0 bridgehead atoms. The molecule has 148 valence electrons. The van der Waals surface area contributed by atoms with E-state index in [0.29, 0.717) is 6.61 Å². The Morgan fingerprint density at radius 1 is 0.828 bits per heavy atom. The molecule has 1 aromatic heterocycles. The Balaban J connectivity index is 1.74. The van der Waals surface area contributed by atoms with Crippen molar-refractivity contribution in [2.75, 3.05) is 13.2 Å². The fourth-order valence-electron chi connectivity index (χ4n) is 3.90. The highest BCUT2D eigenvalue weighted by molar-refractivity contribution is 5.92. The summed E-state index contributed by atoms with van der Waals surface area (Å²) in [5, 5.41) is 1.25. The summed E-state index contributed by atoms with van der Waals surface area (Å²) in [5.74, 6) is 0.921. The topological polar surface area (TPSA) is 51.0 Å². The summed E-state index contributed by atoms with van der Waals surface area (Å²) in [6, 6.07) is 25.6. The molecule has 0 atom stereocenters. The van der Waals surface area contributed by atoms with Gasteiger partial charge in [0.25, 0.3) is 0 Å². The second kappa shape index (κ2) is 8.97. The normalized spacial score (nSPS) is 11.1. The van der Waals surface area contributed by atoms with Gasteiger partial charge in [-0.05, 0) is 73.2 Å². The summed E-state index contributed by atoms with van der Waals surface area (Å²) in [5.41, 5.74) is 13.1. The molecule has 3 N–H and O–H groups in total. The van der Waals surface area contributed by atoms with Crippen molar-refractivity contribution in [3.63, 3.8) is 0 Å². The number of aryl methyl sites for hydroxylation is 1. The van der Waals surface area contributed by atoms with E-state index in [1.807, 2.05) is 19.1 Å². The van der Waals surface area contributed by atoms with Crippen LogP contribution >= 0.6 is 0 Å². The monoisotopic (exact) mass is 384 g/mol. The van der Waals surface area contributed by atoms with Gasteiger partial charge in [0.2, 0.25) is 0 Å². The molecule has 3 heteroatoms. The third-order valence-corrected chi connectivity index (χ3v) is 5.35. The van der Waals surface area contributed by atoms with Crippen LogP contribution in [0.3, 0.4) is 0 Å². The number of aromatic amines is 1. The zero-order valence-electron chi connectivity index (χ0n) is 16.9. The predicted octanol–water partition coefficient (Wildman–Crippen LogP) is 6.18. The number of unbranched alkanes of at least 4 members (excludes halogenated alkanes) is 1. The third kappa shape index (κ3) is 4.20. The summed E-state index contributed by atoms with van der Waals surface area (Å²) in [7, 11) is 0. The van der Waals surface area contributed by atoms with Crippen LogP contribution in [0.2, 0.25) is 0 Å². The van der Waals surface area contributed by atoms with Crippen molar-refractivity contribution in [1.82, 2.24) is 4.98 Å². The van der Waals surface area contributed by atoms with Gasteiger partial charge in [0.1, 0.15) is 5.75 Å². The third-order valence-electron chi connectivity index (χ3n) is 5.35. The Kier molecular flexibility index (Phi) is 5.97. The van der Waals surface area contributed by atoms with Crippen molar-refractivity contribution in [3.05, 3.63) is 78.4 Å². The van der Waals surface area contributed by atoms with E-state index in [2.05, 4.69) is 65.6 Å². The van der Waals surface area contributed by atoms with Gasteiger partial charge in [-0.25, -0.2) is 0 Å². The number of benzene rings is 3. The van der Waals surface area contributed by atoms with Gasteiger partial charge in [0.05, 0.1) is 6.61 Å². The molecule has 4 aromatic rings. The summed E-state index contributed by atoms with van der Waals surface area (Å²) >= 11 is 0. The lowest BCUT2D eigenvalue weighted by atomic mass is 9.98. The molecule has 3 nitrogen and oxygen atoms in total. The molecule has 0 saturated carbocycles. The van der Waals surface area contributed by atoms with Gasteiger partial charge < -0.3 is 15.5 Å². The number of hydrogen-bond acceptors (Lipinski definition) is 2. The summed E-state index contributed by atoms with van der Waals surface area (Å²) in [6.45, 7) is 3.42. The van der Waals surface area contributed by atoms with Crippen molar-refractivity contribution in [2.45, 2.75) is 26.2 Å². The van der Waals surface area contributed by atoms with Crippen LogP contribution in [0, 0.1) is 0 Å². The minimum Gasteiger partial charge on any atom is -0.494 e. The molecule has 1 heterocycles. The molecule has 4 rings (SSSR count). The van der Waals surface area contributed by atoms with E-state index < -0.39 is 0 Å². The fraction of sp³-hybridized carbons (Fsp3) is 0.231. The maximum Gasteiger partial charge on any atom is 0.120 e. The van der Waals surface area contributed by atoms with Gasteiger partial charge in [-0.1, -0.05) is 54.6 Å². The number of fused-ring (bicyclic) bond motifs is 1. The van der Waals surface area contributed by atoms with Crippen LogP contribution < -0.4 is 10.5 Å². The van der Waals surface area contributed by atoms with Crippen LogP contribution in [-0.4, -0.2) is 18.1 Å². The lowest BCUT2D eigenvalue weighted by Gasteiger charge is -2.08. The minimum atomic E-state index is 0.673. The van der Waals surface area contributed by atoms with Gasteiger partial charge in [-0.3, -0.25) is 0 Å². The molecule has 0 aliphatic rings. The van der Waals surface area contributed by atoms with E-state index in [4.69, 9.17) is 10.5 Å². The van der Waals surface area contributed by atoms with Crippen LogP contribution in [-0.2, 0) is 6.42 Å². The van der Waals surface area contributed by atoms with Crippen LogP contribution in [0.25, 0.3) is 33.3 Å². The van der Waals surface area contributed by atoms with Crippen molar-refractivity contribution >= 4 is 10.9 Å². The van der Waals surface area contributed by atoms with Crippen LogP contribution in [0.15, 0.2) is 72.8 Å². The summed E-state index contributed by atoms with van der Waals surface area (Å²) in [6.07, 6.45) is 3.12. The highest BCUT2D eigenvalue weighted by Gasteiger charge is 2.14. The first-order valence-corrected chi connectivity index (χ1v) is 10.4. The number of nitrogens with two attached hydrogens (primary N) is 1. The number of hydrogen-bond donors (Lipinski definition) is 2. The average molecular weight is 385 g/mol. The lowest BCUT2D eigenvalue weighted by Crippen LogP contribution is -1.99. The highest BCUT2D eigenvalue weighted by Crippen LogP contribution is 2.34. The van der Waals surface area contributed by atoms with E-state index in [-0.39, 0.29) is 0 Å². The molecule has 0 radical (unpaired) electrons. The Morgan fingerprint density at radius 3 is 2.28 bits per heavy atom. The van der Waals surface area contributed by atoms with Crippen LogP contribution in [0.1, 0.15) is 25.3 Å². The highest BCUT2D eigenvalue weighted by atomic mass is 16.5. The number of rotatable bonds is 8. The summed E-state index contributed by atoms with van der Waals surface area (Å²) in [4.78, 5) is 3.65. The molecule has 0 aliphatic carbocycles. The Labute approximate surface area is 172 Å². The van der Waals surface area contributed by atoms with E-state index in [9.17, 15) is 0 Å². The van der Waals surface area contributed by atoms with Crippen molar-refractivity contribution in [3.8, 4) is 28.1 Å². The van der Waals surface area contributed by atoms with Gasteiger partial charge >= 0.3 is 0 Å². The van der Waals surface area contributed by atoms with E-state index in [1.165, 1.54) is 33.3 Å². The molecule has 0 saturated heterocycles. The minimum absolute atomic E-state index is 0.673. The lowest BCUT2D eigenvalue weighted by molar-refractivity contribution is 0.340. The quantitative estimate of drug-likeness (QED) is 0.356. The van der Waals surface area contributed by atoms with E-state index in [0.717, 1.165) is 37.1 Å². The maximum absolute atomic E-state index is 5.74. The molecule has 0 spiro atoms. The van der Waals surface area contributed by atoms with Gasteiger partial charge in [-0.2, -0.15) is 0 Å². The number of H-pyrrole nitrogens is 1. The first-order chi connectivity index (χ1) is 14.3. The standard InChI is InChI=1S/C26H28N2O/c1-2-29-22-15-16-25-24(18-22)23(10-6-7-17-27)26(28-25)21-13-11-20(12-14-21)19-8-4-3-5-9-19/h3-5,8-9,11-16,18,28H,2,6-7,10,17,27H2,1H3. The number of aromatic nitrogens is 1. The molecule has 0 amide bonds. The number of nitrogens with one attached hydrogen (secondary N) is 1. The molecular weight excluding hydrogens is 356 g/mol. The maximum atomic E-state index is 5.74. The van der Waals surface area contributed by atoms with Crippen LogP contribution in [0.5, 0.6) is 5.75 Å².